The summed E-state index contributed by atoms with van der Waals surface area (Å²) in [4.78, 5) is 15.2. The van der Waals surface area contributed by atoms with Crippen LogP contribution >= 0.6 is 0 Å². The first kappa shape index (κ1) is 9.77. The third-order valence-electron chi connectivity index (χ3n) is 2.70. The lowest BCUT2D eigenvalue weighted by molar-refractivity contribution is -0.105. The highest BCUT2D eigenvalue weighted by Crippen LogP contribution is 2.25. The van der Waals surface area contributed by atoms with Gasteiger partial charge in [0.25, 0.3) is 0 Å². The second kappa shape index (κ2) is 3.86. The molecule has 0 unspecified atom stereocenters. The third kappa shape index (κ3) is 1.61. The number of aldehydes is 1. The van der Waals surface area contributed by atoms with Gasteiger partial charge in [-0.2, -0.15) is 10.1 Å². The van der Waals surface area contributed by atoms with E-state index in [1.54, 1.807) is 4.68 Å². The number of carbonyl (C=O) groups excluding carboxylic acids is 1. The molecule has 0 spiro atoms. The maximum Gasteiger partial charge on any atom is 0.225 e. The lowest BCUT2D eigenvalue weighted by Crippen LogP contribution is -2.19. The number of benzene rings is 1. The maximum absolute atomic E-state index is 11.1. The summed E-state index contributed by atoms with van der Waals surface area (Å²) in [6.07, 6.45) is 2.33. The van der Waals surface area contributed by atoms with Gasteiger partial charge >= 0.3 is 0 Å². The molecule has 0 saturated heterocycles. The van der Waals surface area contributed by atoms with Crippen molar-refractivity contribution in [2.24, 2.45) is 0 Å². The van der Waals surface area contributed by atoms with Gasteiger partial charge in [-0.05, 0) is 5.56 Å². The highest BCUT2D eigenvalue weighted by Gasteiger charge is 2.19. The topological polar surface area (TPSA) is 59.8 Å². The van der Waals surface area contributed by atoms with E-state index in [1.807, 2.05) is 30.3 Å². The zero-order valence-corrected chi connectivity index (χ0v) is 9.00. The van der Waals surface area contributed by atoms with Gasteiger partial charge in [-0.25, -0.2) is 4.68 Å². The van der Waals surface area contributed by atoms with Crippen LogP contribution in [-0.2, 0) is 11.3 Å². The van der Waals surface area contributed by atoms with Crippen LogP contribution in [0.15, 0.2) is 42.2 Å². The molecule has 1 aliphatic rings. The third-order valence-corrected chi connectivity index (χ3v) is 2.70. The number of carbonyl (C=O) groups is 1. The van der Waals surface area contributed by atoms with Gasteiger partial charge in [-0.15, -0.1) is 0 Å². The molecule has 2 aromatic rings. The number of anilines is 1. The zero-order chi connectivity index (χ0) is 11.7. The molecule has 0 fully saturated rings. The molecule has 3 rings (SSSR count). The largest absolute Gasteiger partial charge is 0.323 e. The Morgan fingerprint density at radius 1 is 1.29 bits per heavy atom. The molecular weight excluding hydrogens is 216 g/mol. The van der Waals surface area contributed by atoms with Crippen molar-refractivity contribution in [1.29, 1.82) is 0 Å². The number of nitrogens with zero attached hydrogens (tertiary/aromatic N) is 3. The van der Waals surface area contributed by atoms with E-state index in [0.29, 0.717) is 18.1 Å². The minimum absolute atomic E-state index is 0.454. The fraction of sp³-hybridized carbons (Fsp3) is 0.0833. The maximum atomic E-state index is 11.1. The predicted molar refractivity (Wildman–Crippen MR) is 63.1 cm³/mol. The second-order valence-electron chi connectivity index (χ2n) is 3.75. The Hall–Kier alpha value is -2.43. The fourth-order valence-electron chi connectivity index (χ4n) is 1.87. The summed E-state index contributed by atoms with van der Waals surface area (Å²) < 4.78 is 1.66. The number of nitrogens with one attached hydrogen (secondary N) is 1. The molecule has 1 aliphatic heterocycles. The van der Waals surface area contributed by atoms with Crippen LogP contribution in [0.3, 0.4) is 0 Å². The molecule has 0 aliphatic carbocycles. The van der Waals surface area contributed by atoms with E-state index < -0.39 is 0 Å². The Kier molecular flexibility index (Phi) is 2.22. The standard InChI is InChI=1S/C12H10N4O/c17-7-10-6-16-12(13-8-14-16)15-11(10)9-4-2-1-3-5-9/h1-5,7-8H,6H2,(H,13,14,15). The van der Waals surface area contributed by atoms with Gasteiger partial charge in [-0.1, -0.05) is 30.3 Å². The Morgan fingerprint density at radius 2 is 2.12 bits per heavy atom. The second-order valence-corrected chi connectivity index (χ2v) is 3.75. The molecule has 5 heteroatoms. The number of hydrogen-bond acceptors (Lipinski definition) is 4. The Labute approximate surface area is 97.8 Å². The summed E-state index contributed by atoms with van der Waals surface area (Å²) in [6, 6.07) is 9.73. The van der Waals surface area contributed by atoms with E-state index in [2.05, 4.69) is 15.4 Å². The molecule has 0 saturated carbocycles. The van der Waals surface area contributed by atoms with E-state index in [-0.39, 0.29) is 0 Å². The van der Waals surface area contributed by atoms with Crippen molar-refractivity contribution in [3.63, 3.8) is 0 Å². The van der Waals surface area contributed by atoms with Crippen molar-refractivity contribution in [3.8, 4) is 0 Å². The molecule has 0 amide bonds. The molecule has 2 heterocycles. The van der Waals surface area contributed by atoms with Crippen molar-refractivity contribution < 1.29 is 4.79 Å². The van der Waals surface area contributed by atoms with Gasteiger partial charge in [0.2, 0.25) is 5.95 Å². The first-order valence-corrected chi connectivity index (χ1v) is 5.27. The van der Waals surface area contributed by atoms with Crippen LogP contribution < -0.4 is 5.32 Å². The van der Waals surface area contributed by atoms with E-state index in [1.165, 1.54) is 6.33 Å². The molecular formula is C12H10N4O. The van der Waals surface area contributed by atoms with Crippen molar-refractivity contribution >= 4 is 17.9 Å². The average molecular weight is 226 g/mol. The molecule has 1 aromatic carbocycles. The number of fused-ring (bicyclic) bond motifs is 1. The summed E-state index contributed by atoms with van der Waals surface area (Å²) in [5, 5.41) is 7.17. The number of allylic oxidation sites excluding steroid dienone is 1. The highest BCUT2D eigenvalue weighted by atomic mass is 16.1. The SMILES string of the molecule is O=CC1=C(c2ccccc2)Nc2ncnn2C1. The number of aromatic nitrogens is 3. The highest BCUT2D eigenvalue weighted by molar-refractivity contribution is 5.92. The van der Waals surface area contributed by atoms with Gasteiger partial charge in [0, 0.05) is 5.57 Å². The van der Waals surface area contributed by atoms with Crippen LogP contribution in [0, 0.1) is 0 Å². The Bertz CT molecular complexity index is 586. The van der Waals surface area contributed by atoms with Crippen molar-refractivity contribution in [3.05, 3.63) is 47.8 Å². The molecule has 0 atom stereocenters. The van der Waals surface area contributed by atoms with Crippen molar-refractivity contribution in [2.45, 2.75) is 6.54 Å². The monoisotopic (exact) mass is 226 g/mol. The molecule has 17 heavy (non-hydrogen) atoms. The minimum Gasteiger partial charge on any atom is -0.323 e. The fourth-order valence-corrected chi connectivity index (χ4v) is 1.87. The van der Waals surface area contributed by atoms with E-state index in [4.69, 9.17) is 0 Å². The number of hydrogen-bond donors (Lipinski definition) is 1. The minimum atomic E-state index is 0.454. The van der Waals surface area contributed by atoms with Crippen molar-refractivity contribution in [1.82, 2.24) is 14.8 Å². The molecule has 1 aromatic heterocycles. The van der Waals surface area contributed by atoms with Crippen LogP contribution in [0.5, 0.6) is 0 Å². The quantitative estimate of drug-likeness (QED) is 0.784. The van der Waals surface area contributed by atoms with Crippen LogP contribution in [-0.4, -0.2) is 21.1 Å². The lowest BCUT2D eigenvalue weighted by atomic mass is 10.1. The first-order valence-electron chi connectivity index (χ1n) is 5.27. The summed E-state index contributed by atoms with van der Waals surface area (Å²) in [6.45, 7) is 0.454. The van der Waals surface area contributed by atoms with E-state index >= 15 is 0 Å². The molecule has 5 nitrogen and oxygen atoms in total. The van der Waals surface area contributed by atoms with Crippen LogP contribution in [0.1, 0.15) is 5.56 Å². The smallest absolute Gasteiger partial charge is 0.225 e. The lowest BCUT2D eigenvalue weighted by Gasteiger charge is -2.19. The predicted octanol–water partition coefficient (Wildman–Crippen LogP) is 1.31. The molecule has 0 radical (unpaired) electrons. The van der Waals surface area contributed by atoms with Crippen molar-refractivity contribution in [2.75, 3.05) is 5.32 Å². The molecule has 84 valence electrons. The van der Waals surface area contributed by atoms with Crippen LogP contribution in [0.2, 0.25) is 0 Å². The van der Waals surface area contributed by atoms with Gasteiger partial charge < -0.3 is 5.32 Å². The first-order chi connectivity index (χ1) is 8.38. The van der Waals surface area contributed by atoms with Gasteiger partial charge in [0.15, 0.2) is 0 Å². The van der Waals surface area contributed by atoms with E-state index in [0.717, 1.165) is 17.5 Å². The summed E-state index contributed by atoms with van der Waals surface area (Å²) in [5.41, 5.74) is 2.46. The molecule has 0 bridgehead atoms. The van der Waals surface area contributed by atoms with E-state index in [9.17, 15) is 4.79 Å². The Morgan fingerprint density at radius 3 is 2.88 bits per heavy atom. The van der Waals surface area contributed by atoms with Crippen LogP contribution in [0.25, 0.3) is 5.70 Å². The molecule has 1 N–H and O–H groups in total. The summed E-state index contributed by atoms with van der Waals surface area (Å²) in [7, 11) is 0. The van der Waals surface area contributed by atoms with Crippen LogP contribution in [0.4, 0.5) is 5.95 Å². The van der Waals surface area contributed by atoms with Gasteiger partial charge in [0.05, 0.1) is 12.2 Å². The zero-order valence-electron chi connectivity index (χ0n) is 9.00. The van der Waals surface area contributed by atoms with Gasteiger partial charge in [0.1, 0.15) is 12.6 Å². The summed E-state index contributed by atoms with van der Waals surface area (Å²) >= 11 is 0. The Balaban J connectivity index is 2.08. The average Bonchev–Trinajstić information content (AvgIpc) is 2.85. The normalized spacial score (nSPS) is 14.1. The summed E-state index contributed by atoms with van der Waals surface area (Å²) in [5.74, 6) is 0.662. The van der Waals surface area contributed by atoms with Gasteiger partial charge in [-0.3, -0.25) is 4.79 Å². The number of rotatable bonds is 2.